The van der Waals surface area contributed by atoms with Crippen LogP contribution in [0, 0.1) is 0 Å². The van der Waals surface area contributed by atoms with Crippen LogP contribution >= 0.6 is 0 Å². The molecule has 0 aromatic carbocycles. The second-order valence-electron chi connectivity index (χ2n) is 11.9. The van der Waals surface area contributed by atoms with Crippen molar-refractivity contribution in [2.24, 2.45) is 0 Å². The number of carboxylic acids is 1. The molecular formula is C36H66O5. The fourth-order valence-electron chi connectivity index (χ4n) is 5.06. The number of aliphatic hydroxyl groups is 1. The number of carboxylic acid groups (broad SMARTS) is 1. The minimum Gasteiger partial charge on any atom is -0.481 e. The highest BCUT2D eigenvalue weighted by Crippen LogP contribution is 2.16. The smallest absolute Gasteiger partial charge is 0.306 e. The molecule has 41 heavy (non-hydrogen) atoms. The summed E-state index contributed by atoms with van der Waals surface area (Å²) in [5, 5.41) is 18.7. The van der Waals surface area contributed by atoms with Gasteiger partial charge < -0.3 is 14.9 Å². The van der Waals surface area contributed by atoms with Crippen LogP contribution in [-0.4, -0.2) is 34.4 Å². The van der Waals surface area contributed by atoms with Crippen molar-refractivity contribution in [3.05, 3.63) is 24.3 Å². The number of hydrogen-bond acceptors (Lipinski definition) is 4. The highest BCUT2D eigenvalue weighted by Gasteiger charge is 2.13. The predicted octanol–water partition coefficient (Wildman–Crippen LogP) is 10.6. The number of rotatable bonds is 31. The average molecular weight is 579 g/mol. The molecule has 2 atom stereocenters. The first-order valence-electron chi connectivity index (χ1n) is 17.4. The minimum atomic E-state index is -0.700. The Kier molecular flexibility index (Phi) is 30.1. The summed E-state index contributed by atoms with van der Waals surface area (Å²) in [5.74, 6) is -0.745. The third-order valence-electron chi connectivity index (χ3n) is 7.72. The fraction of sp³-hybridized carbons (Fsp3) is 0.833. The van der Waals surface area contributed by atoms with E-state index in [0.29, 0.717) is 6.42 Å². The van der Waals surface area contributed by atoms with Crippen molar-refractivity contribution in [3.63, 3.8) is 0 Å². The maximum atomic E-state index is 12.5. The van der Waals surface area contributed by atoms with Gasteiger partial charge in [0, 0.05) is 19.3 Å². The number of aliphatic hydroxyl groups excluding tert-OH is 1. The molecule has 0 radical (unpaired) electrons. The summed E-state index contributed by atoms with van der Waals surface area (Å²) in [7, 11) is 0. The maximum absolute atomic E-state index is 12.5. The van der Waals surface area contributed by atoms with E-state index in [9.17, 15) is 14.7 Å². The topological polar surface area (TPSA) is 83.8 Å². The van der Waals surface area contributed by atoms with Gasteiger partial charge in [0.2, 0.25) is 0 Å². The lowest BCUT2D eigenvalue weighted by Crippen LogP contribution is -2.17. The van der Waals surface area contributed by atoms with Gasteiger partial charge in [-0.15, -0.1) is 0 Å². The third kappa shape index (κ3) is 31.2. The Hall–Kier alpha value is -1.62. The van der Waals surface area contributed by atoms with Crippen molar-refractivity contribution in [2.45, 2.75) is 193 Å². The highest BCUT2D eigenvalue weighted by molar-refractivity contribution is 5.69. The zero-order valence-electron chi connectivity index (χ0n) is 27.0. The molecule has 0 saturated heterocycles. The number of ether oxygens (including phenoxy) is 1. The highest BCUT2D eigenvalue weighted by atomic mass is 16.5. The van der Waals surface area contributed by atoms with Gasteiger partial charge in [-0.3, -0.25) is 9.59 Å². The van der Waals surface area contributed by atoms with Crippen molar-refractivity contribution in [3.8, 4) is 0 Å². The number of allylic oxidation sites excluding steroid dienone is 2. The van der Waals surface area contributed by atoms with E-state index in [2.05, 4.69) is 38.2 Å². The van der Waals surface area contributed by atoms with Crippen molar-refractivity contribution in [2.75, 3.05) is 0 Å². The Bertz CT molecular complexity index is 642. The number of esters is 1. The van der Waals surface area contributed by atoms with E-state index in [-0.39, 0.29) is 24.6 Å². The number of hydrogen-bond donors (Lipinski definition) is 2. The lowest BCUT2D eigenvalue weighted by atomic mass is 10.1. The quantitative estimate of drug-likeness (QED) is 0.0485. The number of unbranched alkanes of at least 4 members (excludes halogenated alkanes) is 16. The number of carbonyl (C=O) groups excluding carboxylic acids is 1. The molecule has 240 valence electrons. The maximum Gasteiger partial charge on any atom is 0.306 e. The molecule has 0 spiro atoms. The van der Waals surface area contributed by atoms with Gasteiger partial charge in [0.25, 0.3) is 0 Å². The van der Waals surface area contributed by atoms with Gasteiger partial charge in [-0.1, -0.05) is 122 Å². The predicted molar refractivity (Wildman–Crippen MR) is 173 cm³/mol. The first-order valence-corrected chi connectivity index (χ1v) is 17.4. The van der Waals surface area contributed by atoms with Crippen LogP contribution in [0.3, 0.4) is 0 Å². The van der Waals surface area contributed by atoms with E-state index in [4.69, 9.17) is 9.84 Å². The van der Waals surface area contributed by atoms with Gasteiger partial charge in [-0.25, -0.2) is 0 Å². The largest absolute Gasteiger partial charge is 0.481 e. The van der Waals surface area contributed by atoms with Gasteiger partial charge >= 0.3 is 11.9 Å². The van der Waals surface area contributed by atoms with Gasteiger partial charge in [-0.2, -0.15) is 0 Å². The lowest BCUT2D eigenvalue weighted by molar-refractivity contribution is -0.149. The standard InChI is InChI=1S/C36H66O5/c1-3-5-7-21-27-33(37)28-22-17-13-9-12-16-20-26-32-36(40)41-34(29-23-8-6-4-2)30-24-18-14-10-11-15-19-25-31-35(38)39/h17-18,22,24,33-34,37H,3-16,19-21,23,25-32H2,1-2H3,(H,38,39)/b22-17-,24-18-/t33-,34?/m1/s1. The Morgan fingerprint density at radius 2 is 1.07 bits per heavy atom. The van der Waals surface area contributed by atoms with Crippen LogP contribution in [0.1, 0.15) is 181 Å². The van der Waals surface area contributed by atoms with Crippen LogP contribution in [0.2, 0.25) is 0 Å². The van der Waals surface area contributed by atoms with Gasteiger partial charge in [0.05, 0.1) is 6.10 Å². The van der Waals surface area contributed by atoms with Crippen LogP contribution in [-0.2, 0) is 14.3 Å². The van der Waals surface area contributed by atoms with Crippen molar-refractivity contribution in [1.29, 1.82) is 0 Å². The molecule has 0 aliphatic carbocycles. The van der Waals surface area contributed by atoms with Crippen LogP contribution in [0.15, 0.2) is 24.3 Å². The first kappa shape index (κ1) is 39.4. The molecule has 0 aliphatic heterocycles. The van der Waals surface area contributed by atoms with E-state index in [1.54, 1.807) is 0 Å². The molecule has 5 nitrogen and oxygen atoms in total. The molecule has 2 N–H and O–H groups in total. The molecule has 1 unspecified atom stereocenters. The van der Waals surface area contributed by atoms with Crippen molar-refractivity contribution >= 4 is 11.9 Å². The Labute approximate surface area is 253 Å². The molecule has 0 bridgehead atoms. The molecule has 0 rings (SSSR count). The number of aliphatic carboxylic acids is 1. The minimum absolute atomic E-state index is 0.00623. The SMILES string of the molecule is CCCCCCC(C/C=C\CCCCCCCC(=O)O)OC(=O)CCCCCCC/C=C\C[C@H](O)CCCCCC. The first-order chi connectivity index (χ1) is 20.0. The van der Waals surface area contributed by atoms with E-state index in [1.165, 1.54) is 51.4 Å². The summed E-state index contributed by atoms with van der Waals surface area (Å²) in [4.78, 5) is 23.0. The van der Waals surface area contributed by atoms with E-state index < -0.39 is 5.97 Å². The summed E-state index contributed by atoms with van der Waals surface area (Å²) < 4.78 is 5.88. The summed E-state index contributed by atoms with van der Waals surface area (Å²) in [6.07, 6.45) is 35.2. The van der Waals surface area contributed by atoms with Crippen LogP contribution in [0.5, 0.6) is 0 Å². The normalized spacial score (nSPS) is 13.2. The van der Waals surface area contributed by atoms with Crippen LogP contribution in [0.4, 0.5) is 0 Å². The molecule has 0 fully saturated rings. The molecule has 0 aromatic heterocycles. The summed E-state index contributed by atoms with van der Waals surface area (Å²) >= 11 is 0. The zero-order chi connectivity index (χ0) is 30.2. The molecule has 0 heterocycles. The summed E-state index contributed by atoms with van der Waals surface area (Å²) in [5.41, 5.74) is 0. The van der Waals surface area contributed by atoms with Crippen molar-refractivity contribution < 1.29 is 24.5 Å². The second-order valence-corrected chi connectivity index (χ2v) is 11.9. The van der Waals surface area contributed by atoms with Crippen LogP contribution < -0.4 is 0 Å². The summed E-state index contributed by atoms with van der Waals surface area (Å²) in [6.45, 7) is 4.42. The van der Waals surface area contributed by atoms with Gasteiger partial charge in [0.15, 0.2) is 0 Å². The van der Waals surface area contributed by atoms with Crippen molar-refractivity contribution in [1.82, 2.24) is 0 Å². The molecule has 5 heteroatoms. The van der Waals surface area contributed by atoms with Crippen LogP contribution in [0.25, 0.3) is 0 Å². The number of carbonyl (C=O) groups is 2. The fourth-order valence-corrected chi connectivity index (χ4v) is 5.06. The average Bonchev–Trinajstić information content (AvgIpc) is 2.95. The summed E-state index contributed by atoms with van der Waals surface area (Å²) in [6, 6.07) is 0. The van der Waals surface area contributed by atoms with Gasteiger partial charge in [0.1, 0.15) is 6.10 Å². The Morgan fingerprint density at radius 3 is 1.66 bits per heavy atom. The lowest BCUT2D eigenvalue weighted by Gasteiger charge is -2.16. The molecular weight excluding hydrogens is 512 g/mol. The molecule has 0 amide bonds. The third-order valence-corrected chi connectivity index (χ3v) is 7.72. The Balaban J connectivity index is 3.96. The monoisotopic (exact) mass is 578 g/mol. The zero-order valence-corrected chi connectivity index (χ0v) is 27.0. The van der Waals surface area contributed by atoms with E-state index >= 15 is 0 Å². The van der Waals surface area contributed by atoms with E-state index in [0.717, 1.165) is 103 Å². The second kappa shape index (κ2) is 31.3. The van der Waals surface area contributed by atoms with Gasteiger partial charge in [-0.05, 0) is 64.2 Å². The molecule has 0 aliphatic rings. The van der Waals surface area contributed by atoms with E-state index in [1.807, 2.05) is 0 Å². The Morgan fingerprint density at radius 1 is 0.585 bits per heavy atom. The molecule has 0 saturated carbocycles. The molecule has 0 aromatic rings.